The third-order valence-corrected chi connectivity index (χ3v) is 4.85. The molecule has 0 aliphatic carbocycles. The van der Waals surface area contributed by atoms with Crippen LogP contribution >= 0.6 is 11.6 Å². The lowest BCUT2D eigenvalue weighted by Gasteiger charge is -2.12. The molecule has 6 nitrogen and oxygen atoms in total. The van der Waals surface area contributed by atoms with E-state index in [0.717, 1.165) is 21.9 Å². The van der Waals surface area contributed by atoms with Gasteiger partial charge >= 0.3 is 0 Å². The van der Waals surface area contributed by atoms with E-state index in [9.17, 15) is 0 Å². The van der Waals surface area contributed by atoms with Gasteiger partial charge < -0.3 is 9.47 Å². The maximum atomic E-state index is 6.19. The van der Waals surface area contributed by atoms with Crippen LogP contribution in [0.5, 0.6) is 11.5 Å². The van der Waals surface area contributed by atoms with Gasteiger partial charge in [0.1, 0.15) is 6.61 Å². The number of nitrogens with zero attached hydrogens (tertiary/aromatic N) is 3. The van der Waals surface area contributed by atoms with Crippen molar-refractivity contribution in [1.29, 1.82) is 0 Å². The van der Waals surface area contributed by atoms with Crippen LogP contribution in [0.1, 0.15) is 11.1 Å². The summed E-state index contributed by atoms with van der Waals surface area (Å²) in [6.07, 6.45) is 3.40. The highest BCUT2D eigenvalue weighted by molar-refractivity contribution is 6.31. The van der Waals surface area contributed by atoms with Crippen LogP contribution in [0.25, 0.3) is 10.8 Å². The second-order valence-electron chi connectivity index (χ2n) is 6.44. The zero-order chi connectivity index (χ0) is 20.8. The Bertz CT molecular complexity index is 1190. The molecule has 1 heterocycles. The second kappa shape index (κ2) is 9.24. The number of fused-ring (bicyclic) bond motifs is 1. The van der Waals surface area contributed by atoms with Gasteiger partial charge in [0.2, 0.25) is 0 Å². The Morgan fingerprint density at radius 2 is 1.87 bits per heavy atom. The lowest BCUT2D eigenvalue weighted by atomic mass is 10.2. The number of ether oxygens (including phenoxy) is 2. The lowest BCUT2D eigenvalue weighted by Crippen LogP contribution is -1.99. The molecule has 0 saturated carbocycles. The number of halogens is 1. The van der Waals surface area contributed by atoms with Gasteiger partial charge in [-0.3, -0.25) is 5.43 Å². The van der Waals surface area contributed by atoms with Crippen LogP contribution in [0, 0.1) is 0 Å². The third kappa shape index (κ3) is 4.50. The summed E-state index contributed by atoms with van der Waals surface area (Å²) in [5, 5.41) is 15.0. The third-order valence-electron chi connectivity index (χ3n) is 4.48. The summed E-state index contributed by atoms with van der Waals surface area (Å²) in [6, 6.07) is 21.0. The first-order chi connectivity index (χ1) is 14.7. The van der Waals surface area contributed by atoms with Crippen LogP contribution < -0.4 is 14.9 Å². The largest absolute Gasteiger partial charge is 0.493 e. The van der Waals surface area contributed by atoms with Crippen molar-refractivity contribution in [3.05, 3.63) is 89.1 Å². The van der Waals surface area contributed by atoms with Crippen LogP contribution in [0.15, 0.2) is 78.0 Å². The summed E-state index contributed by atoms with van der Waals surface area (Å²) in [6.45, 7) is 0.352. The quantitative estimate of drug-likeness (QED) is 0.325. The van der Waals surface area contributed by atoms with Crippen molar-refractivity contribution < 1.29 is 9.47 Å². The van der Waals surface area contributed by atoms with Crippen molar-refractivity contribution in [3.8, 4) is 11.5 Å². The van der Waals surface area contributed by atoms with Gasteiger partial charge in [-0.25, -0.2) is 0 Å². The fourth-order valence-corrected chi connectivity index (χ4v) is 3.12. The smallest absolute Gasteiger partial charge is 0.176 e. The molecule has 0 fully saturated rings. The van der Waals surface area contributed by atoms with Crippen molar-refractivity contribution in [2.45, 2.75) is 6.61 Å². The van der Waals surface area contributed by atoms with Gasteiger partial charge in [-0.2, -0.15) is 10.2 Å². The minimum absolute atomic E-state index is 0.352. The van der Waals surface area contributed by atoms with Gasteiger partial charge in [-0.15, -0.1) is 5.10 Å². The summed E-state index contributed by atoms with van der Waals surface area (Å²) in [5.41, 5.74) is 4.70. The molecular weight excluding hydrogens is 400 g/mol. The van der Waals surface area contributed by atoms with E-state index in [2.05, 4.69) is 20.7 Å². The highest BCUT2D eigenvalue weighted by Gasteiger charge is 2.07. The molecule has 0 spiro atoms. The highest BCUT2D eigenvalue weighted by atomic mass is 35.5. The molecule has 0 saturated heterocycles. The molecule has 0 amide bonds. The molecule has 0 aliphatic rings. The number of methoxy groups -OCH3 is 1. The van der Waals surface area contributed by atoms with Crippen LogP contribution in [-0.2, 0) is 6.61 Å². The molecule has 0 aliphatic heterocycles. The van der Waals surface area contributed by atoms with E-state index >= 15 is 0 Å². The maximum Gasteiger partial charge on any atom is 0.176 e. The summed E-state index contributed by atoms with van der Waals surface area (Å²) in [4.78, 5) is 0. The molecule has 0 unspecified atom stereocenters. The first-order valence-corrected chi connectivity index (χ1v) is 9.66. The van der Waals surface area contributed by atoms with E-state index in [1.54, 1.807) is 19.5 Å². The van der Waals surface area contributed by atoms with Crippen molar-refractivity contribution in [1.82, 2.24) is 10.2 Å². The molecular formula is C23H19ClN4O2. The van der Waals surface area contributed by atoms with Gasteiger partial charge in [-0.1, -0.05) is 54.1 Å². The Hall–Kier alpha value is -3.64. The van der Waals surface area contributed by atoms with Crippen LogP contribution in [-0.4, -0.2) is 23.5 Å². The topological polar surface area (TPSA) is 68.6 Å². The summed E-state index contributed by atoms with van der Waals surface area (Å²) < 4.78 is 11.3. The summed E-state index contributed by atoms with van der Waals surface area (Å²) in [5.74, 6) is 1.83. The maximum absolute atomic E-state index is 6.19. The minimum atomic E-state index is 0.352. The molecule has 3 aromatic carbocycles. The summed E-state index contributed by atoms with van der Waals surface area (Å²) in [7, 11) is 1.60. The number of hydrazone groups is 1. The minimum Gasteiger partial charge on any atom is -0.493 e. The van der Waals surface area contributed by atoms with Gasteiger partial charge in [0, 0.05) is 21.4 Å². The Kier molecular flexibility index (Phi) is 6.06. The van der Waals surface area contributed by atoms with E-state index in [4.69, 9.17) is 21.1 Å². The van der Waals surface area contributed by atoms with E-state index in [1.165, 1.54) is 0 Å². The Balaban J connectivity index is 1.46. The van der Waals surface area contributed by atoms with Gasteiger partial charge in [0.05, 0.1) is 19.5 Å². The van der Waals surface area contributed by atoms with Crippen molar-refractivity contribution >= 4 is 34.4 Å². The lowest BCUT2D eigenvalue weighted by molar-refractivity contribution is 0.284. The number of aromatic nitrogens is 2. The Morgan fingerprint density at radius 1 is 1.03 bits per heavy atom. The number of hydrogen-bond acceptors (Lipinski definition) is 6. The Labute approximate surface area is 179 Å². The number of hydrogen-bond donors (Lipinski definition) is 1. The number of rotatable bonds is 7. The molecule has 4 aromatic rings. The second-order valence-corrected chi connectivity index (χ2v) is 6.85. The first kappa shape index (κ1) is 19.7. The molecule has 150 valence electrons. The average molecular weight is 419 g/mol. The highest BCUT2D eigenvalue weighted by Crippen LogP contribution is 2.29. The zero-order valence-corrected chi connectivity index (χ0v) is 17.0. The van der Waals surface area contributed by atoms with Crippen molar-refractivity contribution in [2.75, 3.05) is 12.5 Å². The molecule has 0 bridgehead atoms. The Morgan fingerprint density at radius 3 is 2.73 bits per heavy atom. The standard InChI is InChI=1S/C23H19ClN4O2/c1-29-22-12-16(10-11-21(22)30-15-18-7-3-5-9-20(18)24)13-25-27-23-19-8-4-2-6-17(19)14-26-28-23/h2-14H,15H2,1H3,(H,27,28). The van der Waals surface area contributed by atoms with E-state index in [-0.39, 0.29) is 0 Å². The number of nitrogens with one attached hydrogen (secondary N) is 1. The van der Waals surface area contributed by atoms with E-state index in [1.807, 2.05) is 66.7 Å². The SMILES string of the molecule is COc1cc(C=NNc2nncc3ccccc23)ccc1OCc1ccccc1Cl. The van der Waals surface area contributed by atoms with Crippen LogP contribution in [0.4, 0.5) is 5.82 Å². The van der Waals surface area contributed by atoms with Crippen molar-refractivity contribution in [2.24, 2.45) is 5.10 Å². The molecule has 1 aromatic heterocycles. The number of benzene rings is 3. The molecule has 0 atom stereocenters. The van der Waals surface area contributed by atoms with Gasteiger partial charge in [0.15, 0.2) is 17.3 Å². The molecule has 4 rings (SSSR count). The van der Waals surface area contributed by atoms with Crippen LogP contribution in [0.3, 0.4) is 0 Å². The van der Waals surface area contributed by atoms with E-state index < -0.39 is 0 Å². The van der Waals surface area contributed by atoms with E-state index in [0.29, 0.717) is 28.9 Å². The molecule has 0 radical (unpaired) electrons. The molecule has 1 N–H and O–H groups in total. The van der Waals surface area contributed by atoms with Crippen molar-refractivity contribution in [3.63, 3.8) is 0 Å². The molecule has 30 heavy (non-hydrogen) atoms. The summed E-state index contributed by atoms with van der Waals surface area (Å²) >= 11 is 6.19. The van der Waals surface area contributed by atoms with Gasteiger partial charge in [0.25, 0.3) is 0 Å². The predicted molar refractivity (Wildman–Crippen MR) is 120 cm³/mol. The zero-order valence-electron chi connectivity index (χ0n) is 16.2. The number of anilines is 1. The fraction of sp³-hybridized carbons (Fsp3) is 0.0870. The van der Waals surface area contributed by atoms with Gasteiger partial charge in [-0.05, 0) is 29.8 Å². The average Bonchev–Trinajstić information content (AvgIpc) is 2.79. The normalized spacial score (nSPS) is 11.0. The molecule has 7 heteroatoms. The monoisotopic (exact) mass is 418 g/mol. The predicted octanol–water partition coefficient (Wildman–Crippen LogP) is 5.32. The first-order valence-electron chi connectivity index (χ1n) is 9.28. The fourth-order valence-electron chi connectivity index (χ4n) is 2.93. The van der Waals surface area contributed by atoms with Crippen LogP contribution in [0.2, 0.25) is 5.02 Å².